The minimum Gasteiger partial charge on any atom is -0.479 e. The van der Waals surface area contributed by atoms with Crippen LogP contribution < -0.4 is 5.32 Å². The van der Waals surface area contributed by atoms with Gasteiger partial charge in [-0.25, -0.2) is 9.78 Å². The molecule has 1 aliphatic rings. The van der Waals surface area contributed by atoms with Gasteiger partial charge < -0.3 is 14.8 Å². The predicted molar refractivity (Wildman–Crippen MR) is 70.9 cm³/mol. The van der Waals surface area contributed by atoms with Gasteiger partial charge in [0.15, 0.2) is 16.9 Å². The number of carbonyl (C=O) groups is 2. The van der Waals surface area contributed by atoms with E-state index in [9.17, 15) is 9.59 Å². The number of amides is 1. The molecular formula is C11H10ClN5O4. The lowest BCUT2D eigenvalue weighted by molar-refractivity contribution is -0.150. The smallest absolute Gasteiger partial charge is 0.332 e. The van der Waals surface area contributed by atoms with Crippen LogP contribution in [0.4, 0.5) is 5.95 Å². The number of imidazole rings is 1. The Labute approximate surface area is 122 Å². The molecule has 2 atom stereocenters. The van der Waals surface area contributed by atoms with Crippen molar-refractivity contribution in [1.29, 1.82) is 0 Å². The Kier molecular flexibility index (Phi) is 3.43. The van der Waals surface area contributed by atoms with Crippen molar-refractivity contribution in [2.45, 2.75) is 25.0 Å². The molecule has 0 aliphatic carbocycles. The maximum atomic E-state index is 12.0. The van der Waals surface area contributed by atoms with Gasteiger partial charge in [-0.1, -0.05) is 11.6 Å². The summed E-state index contributed by atoms with van der Waals surface area (Å²) >= 11 is 5.93. The van der Waals surface area contributed by atoms with Crippen molar-refractivity contribution in [2.24, 2.45) is 0 Å². The lowest BCUT2D eigenvalue weighted by atomic mass is 10.2. The number of aromatic nitrogens is 4. The quantitative estimate of drug-likeness (QED) is 0.706. The van der Waals surface area contributed by atoms with E-state index >= 15 is 0 Å². The number of ether oxygens (including phenoxy) is 1. The molecule has 9 nitrogen and oxygen atoms in total. The maximum Gasteiger partial charge on any atom is 0.332 e. The second-order valence-corrected chi connectivity index (χ2v) is 4.82. The molecule has 3 heterocycles. The molecule has 2 aromatic rings. The number of nitrogens with one attached hydrogen (secondary N) is 2. The molecule has 1 fully saturated rings. The van der Waals surface area contributed by atoms with Crippen molar-refractivity contribution in [3.63, 3.8) is 0 Å². The molecular weight excluding hydrogens is 302 g/mol. The van der Waals surface area contributed by atoms with Crippen LogP contribution >= 0.6 is 11.6 Å². The molecule has 0 saturated carbocycles. The fourth-order valence-electron chi connectivity index (χ4n) is 2.06. The molecule has 1 amide bonds. The lowest BCUT2D eigenvalue weighted by Crippen LogP contribution is -2.30. The molecule has 1 aliphatic heterocycles. The van der Waals surface area contributed by atoms with Crippen molar-refractivity contribution in [2.75, 3.05) is 5.32 Å². The normalized spacial score (nSPS) is 21.6. The van der Waals surface area contributed by atoms with Crippen LogP contribution in [0.2, 0.25) is 5.15 Å². The van der Waals surface area contributed by atoms with Crippen molar-refractivity contribution in [3.05, 3.63) is 11.5 Å². The van der Waals surface area contributed by atoms with E-state index in [0.29, 0.717) is 17.6 Å². The number of aromatic amines is 1. The highest BCUT2D eigenvalue weighted by Gasteiger charge is 2.35. The number of H-pyrrole nitrogens is 1. The van der Waals surface area contributed by atoms with Gasteiger partial charge in [-0.05, 0) is 12.8 Å². The standard InChI is InChI=1S/C11H10ClN5O4/c12-7-6-8(14-3-13-6)16-11(15-7)17-9(18)4-1-2-5(21-4)10(19)20/h3-5H,1-2H2,(H,19,20)(H2,13,14,15,16,17,18)/t4-,5+/m0/s1. The van der Waals surface area contributed by atoms with Crippen molar-refractivity contribution < 1.29 is 19.4 Å². The number of carbonyl (C=O) groups excluding carboxylic acids is 1. The number of rotatable bonds is 3. The largest absolute Gasteiger partial charge is 0.479 e. The van der Waals surface area contributed by atoms with Crippen LogP contribution in [0.3, 0.4) is 0 Å². The number of hydrogen-bond donors (Lipinski definition) is 3. The molecule has 0 aromatic carbocycles. The number of nitrogens with zero attached hydrogens (tertiary/aromatic N) is 3. The van der Waals surface area contributed by atoms with E-state index < -0.39 is 24.1 Å². The second kappa shape index (κ2) is 5.26. The Morgan fingerprint density at radius 2 is 2.14 bits per heavy atom. The summed E-state index contributed by atoms with van der Waals surface area (Å²) in [5.74, 6) is -1.60. The van der Waals surface area contributed by atoms with Crippen molar-refractivity contribution in [3.8, 4) is 0 Å². The third kappa shape index (κ3) is 2.65. The number of aliphatic carboxylic acids is 1. The van der Waals surface area contributed by atoms with Gasteiger partial charge in [0.25, 0.3) is 5.91 Å². The molecule has 3 rings (SSSR count). The number of halogens is 1. The van der Waals surface area contributed by atoms with E-state index in [1.807, 2.05) is 0 Å². The molecule has 0 bridgehead atoms. The van der Waals surface area contributed by atoms with Gasteiger partial charge in [0.1, 0.15) is 11.6 Å². The molecule has 1 saturated heterocycles. The van der Waals surface area contributed by atoms with Crippen molar-refractivity contribution >= 4 is 40.6 Å². The Morgan fingerprint density at radius 3 is 2.86 bits per heavy atom. The minimum absolute atomic E-state index is 0.00743. The molecule has 0 unspecified atom stereocenters. The van der Waals surface area contributed by atoms with Crippen LogP contribution in [-0.2, 0) is 14.3 Å². The van der Waals surface area contributed by atoms with E-state index in [1.165, 1.54) is 6.33 Å². The van der Waals surface area contributed by atoms with Crippen LogP contribution in [0.5, 0.6) is 0 Å². The first kappa shape index (κ1) is 13.7. The van der Waals surface area contributed by atoms with E-state index in [0.717, 1.165) is 0 Å². The fourth-order valence-corrected chi connectivity index (χ4v) is 2.28. The number of hydrogen-bond acceptors (Lipinski definition) is 6. The van der Waals surface area contributed by atoms with E-state index in [4.69, 9.17) is 21.4 Å². The summed E-state index contributed by atoms with van der Waals surface area (Å²) in [7, 11) is 0. The van der Waals surface area contributed by atoms with Crippen LogP contribution in [0.15, 0.2) is 6.33 Å². The van der Waals surface area contributed by atoms with Gasteiger partial charge in [-0.3, -0.25) is 10.1 Å². The van der Waals surface area contributed by atoms with Crippen LogP contribution in [-0.4, -0.2) is 49.1 Å². The minimum atomic E-state index is -1.08. The number of carboxylic acid groups (broad SMARTS) is 1. The lowest BCUT2D eigenvalue weighted by Gasteiger charge is -2.10. The molecule has 21 heavy (non-hydrogen) atoms. The third-order valence-electron chi connectivity index (χ3n) is 3.06. The molecule has 2 aromatic heterocycles. The average molecular weight is 312 g/mol. The first-order chi connectivity index (χ1) is 10.0. The second-order valence-electron chi connectivity index (χ2n) is 4.46. The highest BCUT2D eigenvalue weighted by atomic mass is 35.5. The van der Waals surface area contributed by atoms with Gasteiger partial charge >= 0.3 is 5.97 Å². The maximum absolute atomic E-state index is 12.0. The highest BCUT2D eigenvalue weighted by Crippen LogP contribution is 2.22. The average Bonchev–Trinajstić information content (AvgIpc) is 3.07. The summed E-state index contributed by atoms with van der Waals surface area (Å²) in [5.41, 5.74) is 0.791. The number of anilines is 1. The van der Waals surface area contributed by atoms with Gasteiger partial charge in [-0.15, -0.1) is 0 Å². The van der Waals surface area contributed by atoms with Gasteiger partial charge in [-0.2, -0.15) is 9.97 Å². The van der Waals surface area contributed by atoms with Crippen molar-refractivity contribution in [1.82, 2.24) is 19.9 Å². The van der Waals surface area contributed by atoms with Crippen LogP contribution in [0, 0.1) is 0 Å². The summed E-state index contributed by atoms with van der Waals surface area (Å²) in [4.78, 5) is 37.4. The zero-order valence-corrected chi connectivity index (χ0v) is 11.3. The Morgan fingerprint density at radius 1 is 1.38 bits per heavy atom. The first-order valence-electron chi connectivity index (χ1n) is 6.10. The summed E-state index contributed by atoms with van der Waals surface area (Å²) in [6, 6.07) is 0. The molecule has 110 valence electrons. The summed E-state index contributed by atoms with van der Waals surface area (Å²) in [5, 5.41) is 11.4. The SMILES string of the molecule is O=C(Nc1nc(Cl)c2[nH]cnc2n1)[C@@H]1CC[C@H](C(=O)O)O1. The fraction of sp³-hybridized carbons (Fsp3) is 0.364. The third-order valence-corrected chi connectivity index (χ3v) is 3.34. The number of fused-ring (bicyclic) bond motifs is 1. The highest BCUT2D eigenvalue weighted by molar-refractivity contribution is 6.33. The summed E-state index contributed by atoms with van der Waals surface area (Å²) < 4.78 is 5.14. The van der Waals surface area contributed by atoms with E-state index in [1.54, 1.807) is 0 Å². The Bertz CT molecular complexity index is 718. The monoisotopic (exact) mass is 311 g/mol. The molecule has 0 radical (unpaired) electrons. The Balaban J connectivity index is 1.73. The van der Waals surface area contributed by atoms with E-state index in [2.05, 4.69) is 25.3 Å². The molecule has 3 N–H and O–H groups in total. The van der Waals surface area contributed by atoms with Gasteiger partial charge in [0, 0.05) is 0 Å². The molecule has 0 spiro atoms. The van der Waals surface area contributed by atoms with E-state index in [-0.39, 0.29) is 17.5 Å². The number of carboxylic acids is 1. The summed E-state index contributed by atoms with van der Waals surface area (Å²) in [6.45, 7) is 0. The zero-order chi connectivity index (χ0) is 15.0. The van der Waals surface area contributed by atoms with Crippen LogP contribution in [0.1, 0.15) is 12.8 Å². The Hall–Kier alpha value is -2.26. The summed E-state index contributed by atoms with van der Waals surface area (Å²) in [6.07, 6.45) is 0.214. The predicted octanol–water partition coefficient (Wildman–Crippen LogP) is 0.577. The topological polar surface area (TPSA) is 130 Å². The first-order valence-corrected chi connectivity index (χ1v) is 6.48. The van der Waals surface area contributed by atoms with Gasteiger partial charge in [0.2, 0.25) is 5.95 Å². The van der Waals surface area contributed by atoms with Gasteiger partial charge in [0.05, 0.1) is 6.33 Å². The molecule has 10 heteroatoms. The zero-order valence-electron chi connectivity index (χ0n) is 10.5. The van der Waals surface area contributed by atoms with Crippen LogP contribution in [0.25, 0.3) is 11.2 Å².